The highest BCUT2D eigenvalue weighted by Crippen LogP contribution is 2.17. The maximum atomic E-state index is 12.3. The number of hydrogen-bond acceptors (Lipinski definition) is 3. The molecule has 2 N–H and O–H groups in total. The van der Waals surface area contributed by atoms with Gasteiger partial charge in [0.15, 0.2) is 0 Å². The first-order valence-electron chi connectivity index (χ1n) is 8.99. The van der Waals surface area contributed by atoms with Crippen LogP contribution in [0.5, 0.6) is 5.75 Å². The predicted molar refractivity (Wildman–Crippen MR) is 107 cm³/mol. The highest BCUT2D eigenvalue weighted by Gasteiger charge is 2.07. The van der Waals surface area contributed by atoms with Crippen molar-refractivity contribution in [3.8, 4) is 5.75 Å². The van der Waals surface area contributed by atoms with E-state index < -0.39 is 0 Å². The number of fused-ring (bicyclic) bond motifs is 1. The van der Waals surface area contributed by atoms with Crippen LogP contribution in [0.3, 0.4) is 0 Å². The van der Waals surface area contributed by atoms with Crippen LogP contribution in [0.4, 0.5) is 0 Å². The maximum absolute atomic E-state index is 12.3. The van der Waals surface area contributed by atoms with Crippen molar-refractivity contribution < 1.29 is 9.53 Å². The summed E-state index contributed by atoms with van der Waals surface area (Å²) >= 11 is 0. The number of aromatic nitrogens is 1. The topological polar surface area (TPSA) is 71.2 Å². The van der Waals surface area contributed by atoms with Crippen LogP contribution in [-0.2, 0) is 17.6 Å². The Balaban J connectivity index is 1.60. The molecule has 0 bridgehead atoms. The molecule has 0 radical (unpaired) electrons. The summed E-state index contributed by atoms with van der Waals surface area (Å²) in [6.07, 6.45) is 0.795. The minimum absolute atomic E-state index is 0.0659. The molecule has 0 saturated heterocycles. The number of nitrogens with one attached hydrogen (secondary N) is 2. The summed E-state index contributed by atoms with van der Waals surface area (Å²) < 4.78 is 5.11. The van der Waals surface area contributed by atoms with Crippen molar-refractivity contribution in [3.05, 3.63) is 75.1 Å². The van der Waals surface area contributed by atoms with Gasteiger partial charge in [-0.3, -0.25) is 9.59 Å². The molecule has 1 heterocycles. The molecule has 5 heteroatoms. The van der Waals surface area contributed by atoms with E-state index in [1.807, 2.05) is 43.3 Å². The van der Waals surface area contributed by atoms with Crippen LogP contribution in [0, 0.1) is 13.8 Å². The average molecular weight is 364 g/mol. The number of carbonyl (C=O) groups excluding carboxylic acids is 1. The SMILES string of the molecule is COc1ccc(CC(=O)NCCc2cc3cc(C)c(C)cc3[nH]c2=O)cc1. The van der Waals surface area contributed by atoms with Gasteiger partial charge >= 0.3 is 0 Å². The second-order valence-electron chi connectivity index (χ2n) is 6.77. The number of carbonyl (C=O) groups is 1. The normalized spacial score (nSPS) is 10.8. The third-order valence-corrected chi connectivity index (χ3v) is 4.78. The lowest BCUT2D eigenvalue weighted by Crippen LogP contribution is -2.28. The zero-order chi connectivity index (χ0) is 19.4. The number of benzene rings is 2. The van der Waals surface area contributed by atoms with Gasteiger partial charge in [0.1, 0.15) is 5.75 Å². The molecule has 140 valence electrons. The fourth-order valence-electron chi connectivity index (χ4n) is 3.04. The van der Waals surface area contributed by atoms with Crippen molar-refractivity contribution in [3.63, 3.8) is 0 Å². The molecule has 0 aliphatic heterocycles. The first kappa shape index (κ1) is 18.7. The lowest BCUT2D eigenvalue weighted by atomic mass is 10.0. The van der Waals surface area contributed by atoms with Crippen LogP contribution in [0.15, 0.2) is 47.3 Å². The fraction of sp³-hybridized carbons (Fsp3) is 0.273. The van der Waals surface area contributed by atoms with Crippen molar-refractivity contribution in [2.24, 2.45) is 0 Å². The van der Waals surface area contributed by atoms with Crippen molar-refractivity contribution in [2.75, 3.05) is 13.7 Å². The van der Waals surface area contributed by atoms with Crippen molar-refractivity contribution in [1.29, 1.82) is 0 Å². The first-order valence-corrected chi connectivity index (χ1v) is 8.99. The minimum Gasteiger partial charge on any atom is -0.497 e. The number of aromatic amines is 1. The second-order valence-corrected chi connectivity index (χ2v) is 6.77. The van der Waals surface area contributed by atoms with E-state index in [9.17, 15) is 9.59 Å². The Morgan fingerprint density at radius 1 is 1.07 bits per heavy atom. The van der Waals surface area contributed by atoms with E-state index >= 15 is 0 Å². The molecule has 0 fully saturated rings. The number of hydrogen-bond donors (Lipinski definition) is 2. The third kappa shape index (κ3) is 4.56. The molecule has 0 aliphatic carbocycles. The molecule has 2 aromatic carbocycles. The Bertz CT molecular complexity index is 1020. The summed E-state index contributed by atoms with van der Waals surface area (Å²) in [7, 11) is 1.61. The lowest BCUT2D eigenvalue weighted by molar-refractivity contribution is -0.120. The number of aryl methyl sites for hydroxylation is 2. The second kappa shape index (κ2) is 8.08. The lowest BCUT2D eigenvalue weighted by Gasteiger charge is -2.08. The average Bonchev–Trinajstić information content (AvgIpc) is 2.64. The van der Waals surface area contributed by atoms with Gasteiger partial charge in [-0.05, 0) is 72.7 Å². The van der Waals surface area contributed by atoms with Crippen LogP contribution in [0.1, 0.15) is 22.3 Å². The van der Waals surface area contributed by atoms with Crippen molar-refractivity contribution >= 4 is 16.8 Å². The highest BCUT2D eigenvalue weighted by molar-refractivity contribution is 5.81. The quantitative estimate of drug-likeness (QED) is 0.706. The number of rotatable bonds is 6. The zero-order valence-electron chi connectivity index (χ0n) is 15.9. The van der Waals surface area contributed by atoms with Gasteiger partial charge in [-0.1, -0.05) is 12.1 Å². The zero-order valence-corrected chi connectivity index (χ0v) is 15.9. The Labute approximate surface area is 158 Å². The number of ether oxygens (including phenoxy) is 1. The molecule has 0 aliphatic rings. The van der Waals surface area contributed by atoms with E-state index in [-0.39, 0.29) is 11.5 Å². The van der Waals surface area contributed by atoms with Gasteiger partial charge < -0.3 is 15.0 Å². The van der Waals surface area contributed by atoms with Gasteiger partial charge in [0, 0.05) is 17.6 Å². The first-order chi connectivity index (χ1) is 13.0. The van der Waals surface area contributed by atoms with Crippen LogP contribution in [0.2, 0.25) is 0 Å². The van der Waals surface area contributed by atoms with E-state index in [2.05, 4.69) is 23.3 Å². The van der Waals surface area contributed by atoms with E-state index in [0.29, 0.717) is 24.9 Å². The highest BCUT2D eigenvalue weighted by atomic mass is 16.5. The molecule has 1 aromatic heterocycles. The van der Waals surface area contributed by atoms with Crippen molar-refractivity contribution in [1.82, 2.24) is 10.3 Å². The predicted octanol–water partition coefficient (Wildman–Crippen LogP) is 3.05. The van der Waals surface area contributed by atoms with Crippen LogP contribution < -0.4 is 15.6 Å². The number of H-pyrrole nitrogens is 1. The summed E-state index contributed by atoms with van der Waals surface area (Å²) in [6.45, 7) is 4.51. The van der Waals surface area contributed by atoms with Gasteiger partial charge in [0.25, 0.3) is 5.56 Å². The Kier molecular flexibility index (Phi) is 5.60. The molecular formula is C22H24N2O3. The molecule has 3 rings (SSSR count). The molecule has 0 saturated carbocycles. The van der Waals surface area contributed by atoms with Crippen molar-refractivity contribution in [2.45, 2.75) is 26.7 Å². The Hall–Kier alpha value is -3.08. The molecule has 0 unspecified atom stereocenters. The van der Waals surface area contributed by atoms with Gasteiger partial charge in [0.05, 0.1) is 13.5 Å². The molecule has 5 nitrogen and oxygen atoms in total. The standard InChI is InChI=1S/C22H24N2O3/c1-14-10-18-13-17(22(26)24-20(18)11-15(14)2)8-9-23-21(25)12-16-4-6-19(27-3)7-5-16/h4-7,10-11,13H,8-9,12H2,1-3H3,(H,23,25)(H,24,26). The number of methoxy groups -OCH3 is 1. The monoisotopic (exact) mass is 364 g/mol. The smallest absolute Gasteiger partial charge is 0.251 e. The van der Waals surface area contributed by atoms with Gasteiger partial charge in [-0.2, -0.15) is 0 Å². The van der Waals surface area contributed by atoms with Gasteiger partial charge in [-0.15, -0.1) is 0 Å². The molecule has 0 atom stereocenters. The molecule has 1 amide bonds. The third-order valence-electron chi connectivity index (χ3n) is 4.78. The Morgan fingerprint density at radius 3 is 2.48 bits per heavy atom. The van der Waals surface area contributed by atoms with E-state index in [1.165, 1.54) is 5.56 Å². The largest absolute Gasteiger partial charge is 0.497 e. The van der Waals surface area contributed by atoms with E-state index in [0.717, 1.165) is 27.8 Å². The number of pyridine rings is 1. The summed E-state index contributed by atoms with van der Waals surface area (Å²) in [5.74, 6) is 0.698. The summed E-state index contributed by atoms with van der Waals surface area (Å²) in [4.78, 5) is 27.3. The summed E-state index contributed by atoms with van der Waals surface area (Å²) in [5, 5.41) is 3.89. The summed E-state index contributed by atoms with van der Waals surface area (Å²) in [6, 6.07) is 13.4. The van der Waals surface area contributed by atoms with Crippen LogP contribution >= 0.6 is 0 Å². The molecule has 0 spiro atoms. The molecule has 3 aromatic rings. The Morgan fingerprint density at radius 2 is 1.78 bits per heavy atom. The minimum atomic E-state index is -0.102. The maximum Gasteiger partial charge on any atom is 0.251 e. The van der Waals surface area contributed by atoms with Gasteiger partial charge in [-0.25, -0.2) is 0 Å². The summed E-state index contributed by atoms with van der Waals surface area (Å²) in [5.41, 5.74) is 4.67. The van der Waals surface area contributed by atoms with Crippen LogP contribution in [-0.4, -0.2) is 24.5 Å². The number of amides is 1. The molecular weight excluding hydrogens is 340 g/mol. The van der Waals surface area contributed by atoms with Gasteiger partial charge in [0.2, 0.25) is 5.91 Å². The molecule has 27 heavy (non-hydrogen) atoms. The van der Waals surface area contributed by atoms with Crippen LogP contribution in [0.25, 0.3) is 10.9 Å². The van der Waals surface area contributed by atoms with E-state index in [4.69, 9.17) is 4.74 Å². The fourth-order valence-corrected chi connectivity index (χ4v) is 3.04. The van der Waals surface area contributed by atoms with E-state index in [1.54, 1.807) is 7.11 Å².